The third-order valence-corrected chi connectivity index (χ3v) is 3.94. The first kappa shape index (κ1) is 13.1. The number of allylic oxidation sites excluding steroid dienone is 1. The molecule has 0 bridgehead atoms. The molecule has 1 aromatic rings. The summed E-state index contributed by atoms with van der Waals surface area (Å²) in [5, 5.41) is 2.82. The number of rotatable bonds is 3. The van der Waals surface area contributed by atoms with Crippen LogP contribution in [0.4, 0.5) is 5.69 Å². The van der Waals surface area contributed by atoms with E-state index in [0.717, 1.165) is 17.7 Å². The minimum Gasteiger partial charge on any atom is -0.356 e. The van der Waals surface area contributed by atoms with Gasteiger partial charge in [0.2, 0.25) is 0 Å². The van der Waals surface area contributed by atoms with Crippen molar-refractivity contribution in [3.8, 4) is 0 Å². The van der Waals surface area contributed by atoms with E-state index in [1.807, 2.05) is 24.3 Å². The smallest absolute Gasteiger partial charge is 0.261 e. The predicted molar refractivity (Wildman–Crippen MR) is 75.3 cm³/mol. The summed E-state index contributed by atoms with van der Waals surface area (Å²) >= 11 is 0. The summed E-state index contributed by atoms with van der Waals surface area (Å²) in [6.07, 6.45) is 3.58. The number of para-hydroxylation sites is 1. The van der Waals surface area contributed by atoms with Crippen molar-refractivity contribution in [1.29, 1.82) is 0 Å². The van der Waals surface area contributed by atoms with Crippen LogP contribution in [0, 0.1) is 0 Å². The van der Waals surface area contributed by atoms with E-state index >= 15 is 0 Å². The largest absolute Gasteiger partial charge is 0.356 e. The standard InChI is InChI=1S/C16H17NO3/c1-2-3-6-12-9-11(18)10-16(20-12)13-7-4-5-8-14(13)17-15(16)19/h2,4-5,7-8,12H,1,3,6,9-10H2,(H,17,19)/t12-,16-/m0/s1. The Morgan fingerprint density at radius 1 is 1.40 bits per heavy atom. The molecule has 2 aliphatic rings. The molecule has 2 heterocycles. The maximum absolute atomic E-state index is 12.4. The van der Waals surface area contributed by atoms with Crippen molar-refractivity contribution in [2.75, 3.05) is 5.32 Å². The first-order valence-electron chi connectivity index (χ1n) is 6.87. The molecule has 0 aromatic heterocycles. The molecule has 20 heavy (non-hydrogen) atoms. The van der Waals surface area contributed by atoms with Crippen molar-refractivity contribution in [1.82, 2.24) is 0 Å². The van der Waals surface area contributed by atoms with Crippen LogP contribution in [0.25, 0.3) is 0 Å². The number of anilines is 1. The number of carbonyl (C=O) groups is 2. The van der Waals surface area contributed by atoms with Crippen LogP contribution in [0.1, 0.15) is 31.2 Å². The van der Waals surface area contributed by atoms with Gasteiger partial charge in [-0.1, -0.05) is 24.3 Å². The van der Waals surface area contributed by atoms with E-state index in [2.05, 4.69) is 11.9 Å². The van der Waals surface area contributed by atoms with E-state index in [4.69, 9.17) is 4.74 Å². The molecule has 1 N–H and O–H groups in total. The van der Waals surface area contributed by atoms with Crippen molar-refractivity contribution in [2.45, 2.75) is 37.4 Å². The predicted octanol–water partition coefficient (Wildman–Crippen LogP) is 2.55. The molecule has 1 amide bonds. The zero-order chi connectivity index (χ0) is 14.2. The van der Waals surface area contributed by atoms with Gasteiger partial charge in [0.1, 0.15) is 5.78 Å². The van der Waals surface area contributed by atoms with Crippen molar-refractivity contribution < 1.29 is 14.3 Å². The topological polar surface area (TPSA) is 55.4 Å². The van der Waals surface area contributed by atoms with Gasteiger partial charge in [0.05, 0.1) is 6.10 Å². The summed E-state index contributed by atoms with van der Waals surface area (Å²) in [6, 6.07) is 7.42. The SMILES string of the molecule is C=CCC[C@H]1CC(=O)C[C@@]2(O1)C(=O)Nc1ccccc12. The second-order valence-corrected chi connectivity index (χ2v) is 5.35. The Morgan fingerprint density at radius 3 is 3.00 bits per heavy atom. The van der Waals surface area contributed by atoms with Gasteiger partial charge in [0, 0.05) is 24.1 Å². The van der Waals surface area contributed by atoms with E-state index in [9.17, 15) is 9.59 Å². The fraction of sp³-hybridized carbons (Fsp3) is 0.375. The summed E-state index contributed by atoms with van der Waals surface area (Å²) < 4.78 is 6.07. The monoisotopic (exact) mass is 271 g/mol. The molecule has 2 aliphatic heterocycles. The molecule has 1 spiro atoms. The molecular formula is C16H17NO3. The van der Waals surface area contributed by atoms with Gasteiger partial charge >= 0.3 is 0 Å². The fourth-order valence-corrected chi connectivity index (χ4v) is 3.02. The maximum Gasteiger partial charge on any atom is 0.261 e. The summed E-state index contributed by atoms with van der Waals surface area (Å²) in [7, 11) is 0. The molecule has 1 saturated heterocycles. The number of nitrogens with one attached hydrogen (secondary N) is 1. The number of hydrogen-bond acceptors (Lipinski definition) is 3. The Labute approximate surface area is 117 Å². The van der Waals surface area contributed by atoms with Crippen molar-refractivity contribution in [2.24, 2.45) is 0 Å². The third kappa shape index (κ3) is 1.96. The van der Waals surface area contributed by atoms with E-state index in [-0.39, 0.29) is 24.2 Å². The van der Waals surface area contributed by atoms with E-state index in [1.165, 1.54) is 0 Å². The summed E-state index contributed by atoms with van der Waals surface area (Å²) in [5.41, 5.74) is 0.397. The van der Waals surface area contributed by atoms with Crippen molar-refractivity contribution in [3.05, 3.63) is 42.5 Å². The van der Waals surface area contributed by atoms with Crippen LogP contribution in [0.3, 0.4) is 0 Å². The lowest BCUT2D eigenvalue weighted by Gasteiger charge is -2.36. The molecule has 0 aliphatic carbocycles. The van der Waals surface area contributed by atoms with Crippen LogP contribution in [-0.4, -0.2) is 17.8 Å². The fourth-order valence-electron chi connectivity index (χ4n) is 3.02. The molecule has 4 nitrogen and oxygen atoms in total. The number of ketones is 1. The normalized spacial score (nSPS) is 28.3. The van der Waals surface area contributed by atoms with Gasteiger partial charge in [0.25, 0.3) is 5.91 Å². The average Bonchev–Trinajstić information content (AvgIpc) is 2.69. The van der Waals surface area contributed by atoms with E-state index in [1.54, 1.807) is 6.08 Å². The molecule has 4 heteroatoms. The number of benzene rings is 1. The van der Waals surface area contributed by atoms with Gasteiger partial charge in [-0.3, -0.25) is 9.59 Å². The minimum absolute atomic E-state index is 0.0807. The molecule has 1 aromatic carbocycles. The van der Waals surface area contributed by atoms with Gasteiger partial charge in [-0.15, -0.1) is 6.58 Å². The number of fused-ring (bicyclic) bond motifs is 2. The van der Waals surface area contributed by atoms with Crippen molar-refractivity contribution in [3.63, 3.8) is 0 Å². The molecule has 3 rings (SSSR count). The lowest BCUT2D eigenvalue weighted by atomic mass is 9.84. The van der Waals surface area contributed by atoms with Gasteiger partial charge in [0.15, 0.2) is 5.60 Å². The number of hydrogen-bond donors (Lipinski definition) is 1. The Balaban J connectivity index is 1.96. The van der Waals surface area contributed by atoms with Gasteiger partial charge in [-0.05, 0) is 18.9 Å². The summed E-state index contributed by atoms with van der Waals surface area (Å²) in [4.78, 5) is 24.4. The number of carbonyl (C=O) groups excluding carboxylic acids is 2. The highest BCUT2D eigenvalue weighted by Crippen LogP contribution is 2.45. The second-order valence-electron chi connectivity index (χ2n) is 5.35. The Morgan fingerprint density at radius 2 is 2.20 bits per heavy atom. The summed E-state index contributed by atoms with van der Waals surface area (Å²) in [6.45, 7) is 3.68. The molecule has 1 fully saturated rings. The molecule has 0 radical (unpaired) electrons. The molecule has 0 unspecified atom stereocenters. The average molecular weight is 271 g/mol. The van der Waals surface area contributed by atoms with Crippen LogP contribution >= 0.6 is 0 Å². The van der Waals surface area contributed by atoms with Crippen molar-refractivity contribution >= 4 is 17.4 Å². The Hall–Kier alpha value is -1.94. The maximum atomic E-state index is 12.4. The van der Waals surface area contributed by atoms with Crippen LogP contribution in [0.5, 0.6) is 0 Å². The number of ether oxygens (including phenoxy) is 1. The Kier molecular flexibility index (Phi) is 3.18. The highest BCUT2D eigenvalue weighted by molar-refractivity contribution is 6.07. The van der Waals surface area contributed by atoms with Gasteiger partial charge < -0.3 is 10.1 Å². The van der Waals surface area contributed by atoms with E-state index < -0.39 is 5.60 Å². The molecular weight excluding hydrogens is 254 g/mol. The minimum atomic E-state index is -1.13. The summed E-state index contributed by atoms with van der Waals surface area (Å²) in [5.74, 6) is -0.146. The second kappa shape index (κ2) is 4.87. The highest BCUT2D eigenvalue weighted by atomic mass is 16.5. The number of Topliss-reactive ketones (excluding diaryl/α,β-unsaturated/α-hetero) is 1. The Bertz CT molecular complexity index is 581. The van der Waals surface area contributed by atoms with Crippen LogP contribution in [0.15, 0.2) is 36.9 Å². The van der Waals surface area contributed by atoms with Crippen LogP contribution in [0.2, 0.25) is 0 Å². The zero-order valence-corrected chi connectivity index (χ0v) is 11.2. The quantitative estimate of drug-likeness (QED) is 0.859. The van der Waals surface area contributed by atoms with Gasteiger partial charge in [-0.2, -0.15) is 0 Å². The molecule has 0 saturated carbocycles. The first-order chi connectivity index (χ1) is 9.65. The molecule has 104 valence electrons. The van der Waals surface area contributed by atoms with Gasteiger partial charge in [-0.25, -0.2) is 0 Å². The van der Waals surface area contributed by atoms with Crippen LogP contribution < -0.4 is 5.32 Å². The third-order valence-electron chi connectivity index (χ3n) is 3.94. The zero-order valence-electron chi connectivity index (χ0n) is 11.2. The molecule has 2 atom stereocenters. The lowest BCUT2D eigenvalue weighted by Crippen LogP contribution is -2.47. The highest BCUT2D eigenvalue weighted by Gasteiger charge is 2.53. The number of amides is 1. The lowest BCUT2D eigenvalue weighted by molar-refractivity contribution is -0.169. The first-order valence-corrected chi connectivity index (χ1v) is 6.87. The van der Waals surface area contributed by atoms with E-state index in [0.29, 0.717) is 12.8 Å². The van der Waals surface area contributed by atoms with Crippen LogP contribution in [-0.2, 0) is 19.9 Å².